The molecule has 0 saturated heterocycles. The van der Waals surface area contributed by atoms with Gasteiger partial charge in [-0.15, -0.1) is 0 Å². The predicted molar refractivity (Wildman–Crippen MR) is 115 cm³/mol. The van der Waals surface area contributed by atoms with E-state index < -0.39 is 0 Å². The minimum Gasteiger partial charge on any atom is -0.490 e. The van der Waals surface area contributed by atoms with Gasteiger partial charge in [-0.05, 0) is 47.5 Å². The first-order valence-electron chi connectivity index (χ1n) is 9.22. The standard InChI is InChI=1S/C24H20N4O/c1-2-15-29-19-9-7-17(8-10-19)18-12-14-28(23(25)16-18)24(26)21-11-13-27-22-6-4-3-5-20(21)22/h2-14,16,25-26H,1,15H2. The van der Waals surface area contributed by atoms with E-state index >= 15 is 0 Å². The Kier molecular flexibility index (Phi) is 5.03. The van der Waals surface area contributed by atoms with Crippen LogP contribution in [0.3, 0.4) is 0 Å². The molecular formula is C24H20N4O. The number of rotatable bonds is 5. The first-order chi connectivity index (χ1) is 14.2. The number of aromatic nitrogens is 2. The second-order valence-corrected chi connectivity index (χ2v) is 6.52. The Balaban J connectivity index is 1.66. The SMILES string of the molecule is C=CCOc1ccc(-c2ccn(C(=N)c3ccnc4ccccc34)c(=N)c2)cc1. The molecule has 0 saturated carbocycles. The molecule has 0 spiro atoms. The van der Waals surface area contributed by atoms with Gasteiger partial charge in [0.25, 0.3) is 0 Å². The number of nitrogens with one attached hydrogen (secondary N) is 2. The molecule has 2 heterocycles. The number of ether oxygens (including phenoxy) is 1. The Bertz CT molecular complexity index is 1250. The lowest BCUT2D eigenvalue weighted by Gasteiger charge is -2.12. The summed E-state index contributed by atoms with van der Waals surface area (Å²) >= 11 is 0. The summed E-state index contributed by atoms with van der Waals surface area (Å²) in [6, 6.07) is 20.9. The molecule has 5 heteroatoms. The van der Waals surface area contributed by atoms with E-state index in [1.54, 1.807) is 29.1 Å². The lowest BCUT2D eigenvalue weighted by molar-refractivity contribution is 0.363. The summed E-state index contributed by atoms with van der Waals surface area (Å²) in [6.45, 7) is 4.11. The lowest BCUT2D eigenvalue weighted by Crippen LogP contribution is -2.26. The average Bonchev–Trinajstić information content (AvgIpc) is 2.77. The molecular weight excluding hydrogens is 360 g/mol. The van der Waals surface area contributed by atoms with Crippen LogP contribution in [-0.2, 0) is 0 Å². The number of hydrogen-bond donors (Lipinski definition) is 2. The molecule has 2 aromatic heterocycles. The molecule has 0 aliphatic carbocycles. The maximum absolute atomic E-state index is 8.65. The predicted octanol–water partition coefficient (Wildman–Crippen LogP) is 4.62. The molecule has 2 aromatic carbocycles. The van der Waals surface area contributed by atoms with Crippen LogP contribution in [0.25, 0.3) is 22.0 Å². The molecule has 4 rings (SSSR count). The summed E-state index contributed by atoms with van der Waals surface area (Å²) in [6.07, 6.45) is 5.16. The van der Waals surface area contributed by atoms with Crippen LogP contribution < -0.4 is 10.2 Å². The minimum absolute atomic E-state index is 0.236. The molecule has 5 nitrogen and oxygen atoms in total. The van der Waals surface area contributed by atoms with Gasteiger partial charge >= 0.3 is 0 Å². The van der Waals surface area contributed by atoms with Crippen LogP contribution in [0.2, 0.25) is 0 Å². The van der Waals surface area contributed by atoms with Gasteiger partial charge in [0.2, 0.25) is 0 Å². The van der Waals surface area contributed by atoms with E-state index in [1.807, 2.05) is 60.7 Å². The maximum Gasteiger partial charge on any atom is 0.138 e. The van der Waals surface area contributed by atoms with Crippen LogP contribution in [0.1, 0.15) is 5.56 Å². The zero-order chi connectivity index (χ0) is 20.2. The number of benzene rings is 2. The molecule has 29 heavy (non-hydrogen) atoms. The van der Waals surface area contributed by atoms with Gasteiger partial charge in [-0.25, -0.2) is 0 Å². The van der Waals surface area contributed by atoms with Gasteiger partial charge in [-0.3, -0.25) is 20.4 Å². The first kappa shape index (κ1) is 18.4. The van der Waals surface area contributed by atoms with Crippen LogP contribution in [0, 0.1) is 10.8 Å². The molecule has 0 amide bonds. The van der Waals surface area contributed by atoms with E-state index in [2.05, 4.69) is 11.6 Å². The highest BCUT2D eigenvalue weighted by molar-refractivity contribution is 6.08. The first-order valence-corrected chi connectivity index (χ1v) is 9.22. The Morgan fingerprint density at radius 1 is 1.03 bits per heavy atom. The van der Waals surface area contributed by atoms with Crippen molar-refractivity contribution in [3.63, 3.8) is 0 Å². The van der Waals surface area contributed by atoms with E-state index in [1.165, 1.54) is 0 Å². The quantitative estimate of drug-likeness (QED) is 0.301. The molecule has 4 aromatic rings. The van der Waals surface area contributed by atoms with Crippen molar-refractivity contribution < 1.29 is 4.74 Å². The zero-order valence-electron chi connectivity index (χ0n) is 15.8. The van der Waals surface area contributed by atoms with Gasteiger partial charge in [-0.2, -0.15) is 0 Å². The summed E-state index contributed by atoms with van der Waals surface area (Å²) in [7, 11) is 0. The molecule has 0 aliphatic heterocycles. The Morgan fingerprint density at radius 2 is 1.83 bits per heavy atom. The van der Waals surface area contributed by atoms with Crippen molar-refractivity contribution in [2.45, 2.75) is 0 Å². The van der Waals surface area contributed by atoms with Crippen molar-refractivity contribution >= 4 is 16.7 Å². The lowest BCUT2D eigenvalue weighted by atomic mass is 10.1. The maximum atomic E-state index is 8.65. The second-order valence-electron chi connectivity index (χ2n) is 6.52. The Labute approximate surface area is 168 Å². The minimum atomic E-state index is 0.236. The molecule has 0 bridgehead atoms. The van der Waals surface area contributed by atoms with Gasteiger partial charge in [0.1, 0.15) is 23.7 Å². The van der Waals surface area contributed by atoms with Crippen LogP contribution in [0.5, 0.6) is 5.75 Å². The fourth-order valence-electron chi connectivity index (χ4n) is 3.21. The molecule has 0 radical (unpaired) electrons. The molecule has 0 fully saturated rings. The molecule has 0 unspecified atom stereocenters. The van der Waals surface area contributed by atoms with Crippen molar-refractivity contribution in [3.8, 4) is 16.9 Å². The van der Waals surface area contributed by atoms with Crippen LogP contribution in [-0.4, -0.2) is 22.0 Å². The van der Waals surface area contributed by atoms with Crippen molar-refractivity contribution in [3.05, 3.63) is 103 Å². The van der Waals surface area contributed by atoms with Gasteiger partial charge in [0.15, 0.2) is 0 Å². The van der Waals surface area contributed by atoms with Gasteiger partial charge in [0, 0.05) is 23.3 Å². The zero-order valence-corrected chi connectivity index (χ0v) is 15.8. The molecule has 0 aliphatic rings. The number of pyridine rings is 2. The summed E-state index contributed by atoms with van der Waals surface area (Å²) in [5.74, 6) is 1.02. The molecule has 0 atom stereocenters. The topological polar surface area (TPSA) is 74.8 Å². The van der Waals surface area contributed by atoms with Crippen LogP contribution >= 0.6 is 0 Å². The van der Waals surface area contributed by atoms with E-state index in [9.17, 15) is 0 Å². The van der Waals surface area contributed by atoms with Crippen molar-refractivity contribution in [2.75, 3.05) is 6.61 Å². The third-order valence-corrected chi connectivity index (χ3v) is 4.66. The summed E-state index contributed by atoms with van der Waals surface area (Å²) < 4.78 is 7.07. The van der Waals surface area contributed by atoms with Crippen LogP contribution in [0.4, 0.5) is 0 Å². The highest BCUT2D eigenvalue weighted by Gasteiger charge is 2.10. The fraction of sp³-hybridized carbons (Fsp3) is 0.0417. The highest BCUT2D eigenvalue weighted by atomic mass is 16.5. The van der Waals surface area contributed by atoms with E-state index in [0.29, 0.717) is 6.61 Å². The third-order valence-electron chi connectivity index (χ3n) is 4.66. The van der Waals surface area contributed by atoms with Gasteiger partial charge in [0.05, 0.1) is 5.52 Å². The third kappa shape index (κ3) is 3.71. The number of para-hydroxylation sites is 1. The van der Waals surface area contributed by atoms with E-state index in [4.69, 9.17) is 15.6 Å². The summed E-state index contributed by atoms with van der Waals surface area (Å²) in [4.78, 5) is 4.35. The van der Waals surface area contributed by atoms with E-state index in [0.717, 1.165) is 33.3 Å². The van der Waals surface area contributed by atoms with Gasteiger partial charge in [-0.1, -0.05) is 43.0 Å². The summed E-state index contributed by atoms with van der Waals surface area (Å²) in [5, 5.41) is 18.0. The smallest absolute Gasteiger partial charge is 0.138 e. The largest absolute Gasteiger partial charge is 0.490 e. The average molecular weight is 380 g/mol. The fourth-order valence-corrected chi connectivity index (χ4v) is 3.21. The second kappa shape index (κ2) is 7.94. The summed E-state index contributed by atoms with van der Waals surface area (Å²) in [5.41, 5.74) is 3.70. The van der Waals surface area contributed by atoms with Crippen molar-refractivity contribution in [1.29, 1.82) is 10.8 Å². The van der Waals surface area contributed by atoms with E-state index in [-0.39, 0.29) is 11.3 Å². The molecule has 142 valence electrons. The van der Waals surface area contributed by atoms with Crippen molar-refractivity contribution in [1.82, 2.24) is 9.55 Å². The normalized spacial score (nSPS) is 10.6. The monoisotopic (exact) mass is 380 g/mol. The highest BCUT2D eigenvalue weighted by Crippen LogP contribution is 2.22. The van der Waals surface area contributed by atoms with Gasteiger partial charge < -0.3 is 4.74 Å². The van der Waals surface area contributed by atoms with Crippen LogP contribution in [0.15, 0.2) is 91.8 Å². The Hall–Kier alpha value is -3.99. The number of fused-ring (bicyclic) bond motifs is 1. The number of nitrogens with zero attached hydrogens (tertiary/aromatic N) is 2. The number of hydrogen-bond acceptors (Lipinski definition) is 4. The Morgan fingerprint density at radius 3 is 2.59 bits per heavy atom. The van der Waals surface area contributed by atoms with Crippen molar-refractivity contribution in [2.24, 2.45) is 0 Å². The molecule has 2 N–H and O–H groups in total.